The maximum atomic E-state index is 13.0. The van der Waals surface area contributed by atoms with Gasteiger partial charge in [-0.05, 0) is 62.1 Å². The minimum atomic E-state index is 0.0825. The minimum Gasteiger partial charge on any atom is -0.305 e. The number of nitrogens with zero attached hydrogens (tertiary/aromatic N) is 1. The fourth-order valence-corrected chi connectivity index (χ4v) is 3.60. The molecule has 21 heavy (non-hydrogen) atoms. The quantitative estimate of drug-likeness (QED) is 0.732. The van der Waals surface area contributed by atoms with Crippen molar-refractivity contribution in [3.05, 3.63) is 63.6 Å². The van der Waals surface area contributed by atoms with Crippen LogP contribution in [0.3, 0.4) is 0 Å². The topological polar surface area (TPSA) is 20.3 Å². The van der Waals surface area contributed by atoms with Gasteiger partial charge in [0.25, 0.3) is 5.91 Å². The fraction of sp³-hybridized carbons (Fsp3) is 0.278. The molecular weight excluding hydrogens is 326 g/mol. The Labute approximate surface area is 133 Å². The van der Waals surface area contributed by atoms with E-state index < -0.39 is 0 Å². The maximum absolute atomic E-state index is 13.0. The first-order chi connectivity index (χ1) is 10.1. The summed E-state index contributed by atoms with van der Waals surface area (Å²) in [5, 5.41) is 0. The lowest BCUT2D eigenvalue weighted by Crippen LogP contribution is -2.42. The van der Waals surface area contributed by atoms with Crippen molar-refractivity contribution in [1.29, 1.82) is 0 Å². The van der Waals surface area contributed by atoms with Gasteiger partial charge in [-0.1, -0.05) is 34.1 Å². The number of carbonyl (C=O) groups is 1. The van der Waals surface area contributed by atoms with Gasteiger partial charge in [0, 0.05) is 21.8 Å². The third kappa shape index (κ3) is 2.75. The molecule has 1 heterocycles. The van der Waals surface area contributed by atoms with Crippen LogP contribution < -0.4 is 4.90 Å². The van der Waals surface area contributed by atoms with Gasteiger partial charge < -0.3 is 4.90 Å². The first-order valence-corrected chi connectivity index (χ1v) is 8.04. The second kappa shape index (κ2) is 5.64. The zero-order valence-electron chi connectivity index (χ0n) is 12.3. The summed E-state index contributed by atoms with van der Waals surface area (Å²) in [5.74, 6) is 0.0825. The van der Waals surface area contributed by atoms with E-state index in [-0.39, 0.29) is 11.9 Å². The summed E-state index contributed by atoms with van der Waals surface area (Å²) in [6, 6.07) is 14.3. The Bertz CT molecular complexity index is 675. The number of hydrogen-bond donors (Lipinski definition) is 0. The zero-order chi connectivity index (χ0) is 15.0. The van der Waals surface area contributed by atoms with Crippen LogP contribution in [0.1, 0.15) is 34.8 Å². The van der Waals surface area contributed by atoms with Crippen molar-refractivity contribution in [2.75, 3.05) is 4.90 Å². The monoisotopic (exact) mass is 343 g/mol. The third-order valence-corrected chi connectivity index (χ3v) is 4.49. The van der Waals surface area contributed by atoms with Crippen molar-refractivity contribution >= 4 is 27.5 Å². The first kappa shape index (κ1) is 14.3. The lowest BCUT2D eigenvalue weighted by atomic mass is 9.95. The molecular formula is C18H18BrNO. The molecule has 2 aromatic rings. The van der Waals surface area contributed by atoms with E-state index in [0.29, 0.717) is 0 Å². The molecule has 0 bridgehead atoms. The molecule has 108 valence electrons. The van der Waals surface area contributed by atoms with Crippen LogP contribution in [-0.4, -0.2) is 11.9 Å². The molecule has 1 aliphatic rings. The summed E-state index contributed by atoms with van der Waals surface area (Å²) in [4.78, 5) is 14.9. The second-order valence-corrected chi connectivity index (χ2v) is 6.62. The van der Waals surface area contributed by atoms with Crippen molar-refractivity contribution in [2.45, 2.75) is 32.7 Å². The van der Waals surface area contributed by atoms with Gasteiger partial charge in [-0.2, -0.15) is 0 Å². The highest BCUT2D eigenvalue weighted by molar-refractivity contribution is 9.10. The van der Waals surface area contributed by atoms with Gasteiger partial charge in [0.2, 0.25) is 0 Å². The Kier molecular flexibility index (Phi) is 3.85. The Hall–Kier alpha value is -1.61. The number of halogens is 1. The lowest BCUT2D eigenvalue weighted by molar-refractivity contribution is 0.0975. The molecule has 3 heteroatoms. The average Bonchev–Trinajstić information content (AvgIpc) is 2.45. The van der Waals surface area contributed by atoms with E-state index >= 15 is 0 Å². The minimum absolute atomic E-state index is 0.0825. The van der Waals surface area contributed by atoms with Gasteiger partial charge in [0.1, 0.15) is 0 Å². The summed E-state index contributed by atoms with van der Waals surface area (Å²) in [6.07, 6.45) is 2.05. The van der Waals surface area contributed by atoms with Gasteiger partial charge in [-0.15, -0.1) is 0 Å². The lowest BCUT2D eigenvalue weighted by Gasteiger charge is -2.35. The predicted molar refractivity (Wildman–Crippen MR) is 89.9 cm³/mol. The Morgan fingerprint density at radius 1 is 1.24 bits per heavy atom. The molecule has 2 aromatic carbocycles. The average molecular weight is 344 g/mol. The van der Waals surface area contributed by atoms with Crippen LogP contribution in [0.5, 0.6) is 0 Å². The highest BCUT2D eigenvalue weighted by Gasteiger charge is 2.28. The molecule has 0 spiro atoms. The Morgan fingerprint density at radius 2 is 2.00 bits per heavy atom. The van der Waals surface area contributed by atoms with E-state index in [2.05, 4.69) is 28.9 Å². The number of aryl methyl sites for hydroxylation is 2. The second-order valence-electron chi connectivity index (χ2n) is 5.71. The molecule has 0 N–H and O–H groups in total. The SMILES string of the molecule is Cc1cc(Br)cc(C(=O)N2c3ccccc3CCC2C)c1. The zero-order valence-corrected chi connectivity index (χ0v) is 13.9. The summed E-state index contributed by atoms with van der Waals surface area (Å²) < 4.78 is 0.948. The smallest absolute Gasteiger partial charge is 0.258 e. The van der Waals surface area contributed by atoms with E-state index in [0.717, 1.165) is 34.1 Å². The third-order valence-electron chi connectivity index (χ3n) is 4.03. The molecule has 0 saturated heterocycles. The Balaban J connectivity index is 2.04. The van der Waals surface area contributed by atoms with Crippen LogP contribution in [0.15, 0.2) is 46.9 Å². The number of fused-ring (bicyclic) bond motifs is 1. The highest BCUT2D eigenvalue weighted by Crippen LogP contribution is 2.32. The summed E-state index contributed by atoms with van der Waals surface area (Å²) in [6.45, 7) is 4.13. The summed E-state index contributed by atoms with van der Waals surface area (Å²) in [5.41, 5.74) is 4.14. The Morgan fingerprint density at radius 3 is 2.76 bits per heavy atom. The van der Waals surface area contributed by atoms with Crippen LogP contribution in [0.4, 0.5) is 5.69 Å². The van der Waals surface area contributed by atoms with E-state index in [4.69, 9.17) is 0 Å². The molecule has 0 aromatic heterocycles. The molecule has 2 nitrogen and oxygen atoms in total. The van der Waals surface area contributed by atoms with Crippen LogP contribution in [0, 0.1) is 6.92 Å². The number of para-hydroxylation sites is 1. The van der Waals surface area contributed by atoms with Gasteiger partial charge in [-0.25, -0.2) is 0 Å². The van der Waals surface area contributed by atoms with E-state index in [1.54, 1.807) is 0 Å². The molecule has 1 unspecified atom stereocenters. The number of benzene rings is 2. The first-order valence-electron chi connectivity index (χ1n) is 7.25. The predicted octanol–water partition coefficient (Wildman–Crippen LogP) is 4.74. The van der Waals surface area contributed by atoms with Crippen LogP contribution in [-0.2, 0) is 6.42 Å². The molecule has 0 fully saturated rings. The van der Waals surface area contributed by atoms with Gasteiger partial charge in [0.15, 0.2) is 0 Å². The van der Waals surface area contributed by atoms with Gasteiger partial charge >= 0.3 is 0 Å². The number of rotatable bonds is 1. The molecule has 1 atom stereocenters. The van der Waals surface area contributed by atoms with E-state index in [9.17, 15) is 4.79 Å². The number of hydrogen-bond acceptors (Lipinski definition) is 1. The van der Waals surface area contributed by atoms with E-state index in [1.807, 2.05) is 48.2 Å². The standard InChI is InChI=1S/C18H18BrNO/c1-12-9-15(11-16(19)10-12)18(21)20-13(2)7-8-14-5-3-4-6-17(14)20/h3-6,9-11,13H,7-8H2,1-2H3. The summed E-state index contributed by atoms with van der Waals surface area (Å²) >= 11 is 3.48. The maximum Gasteiger partial charge on any atom is 0.258 e. The molecule has 1 amide bonds. The van der Waals surface area contributed by atoms with Crippen molar-refractivity contribution in [2.24, 2.45) is 0 Å². The van der Waals surface area contributed by atoms with E-state index in [1.165, 1.54) is 5.56 Å². The van der Waals surface area contributed by atoms with Gasteiger partial charge in [-0.3, -0.25) is 4.79 Å². The van der Waals surface area contributed by atoms with Crippen molar-refractivity contribution in [3.8, 4) is 0 Å². The summed E-state index contributed by atoms with van der Waals surface area (Å²) in [7, 11) is 0. The molecule has 0 saturated carbocycles. The van der Waals surface area contributed by atoms with Crippen molar-refractivity contribution in [3.63, 3.8) is 0 Å². The number of anilines is 1. The van der Waals surface area contributed by atoms with Crippen LogP contribution in [0.25, 0.3) is 0 Å². The van der Waals surface area contributed by atoms with Crippen LogP contribution in [0.2, 0.25) is 0 Å². The molecule has 0 radical (unpaired) electrons. The fourth-order valence-electron chi connectivity index (χ4n) is 3.00. The normalized spacial score (nSPS) is 17.5. The highest BCUT2D eigenvalue weighted by atomic mass is 79.9. The molecule has 1 aliphatic heterocycles. The molecule has 0 aliphatic carbocycles. The van der Waals surface area contributed by atoms with Crippen LogP contribution >= 0.6 is 15.9 Å². The van der Waals surface area contributed by atoms with Crippen molar-refractivity contribution in [1.82, 2.24) is 0 Å². The van der Waals surface area contributed by atoms with Gasteiger partial charge in [0.05, 0.1) is 0 Å². The number of carbonyl (C=O) groups excluding carboxylic acids is 1. The largest absolute Gasteiger partial charge is 0.305 e. The number of amides is 1. The van der Waals surface area contributed by atoms with Crippen molar-refractivity contribution < 1.29 is 4.79 Å². The molecule has 3 rings (SSSR count).